The van der Waals surface area contributed by atoms with E-state index in [1.807, 2.05) is 19.2 Å². The first-order chi connectivity index (χ1) is 9.60. The Hall–Kier alpha value is -1.34. The van der Waals surface area contributed by atoms with Gasteiger partial charge in [0.25, 0.3) is 0 Å². The maximum absolute atomic E-state index is 9.37. The average Bonchev–Trinajstić information content (AvgIpc) is 2.91. The molecule has 0 amide bonds. The Bertz CT molecular complexity index is 545. The molecule has 0 saturated carbocycles. The second-order valence-electron chi connectivity index (χ2n) is 4.70. The fourth-order valence-corrected chi connectivity index (χ4v) is 2.90. The Kier molecular flexibility index (Phi) is 5.20. The van der Waals surface area contributed by atoms with Crippen molar-refractivity contribution >= 4 is 23.9 Å². The number of rotatable bonds is 6. The average molecular weight is 291 g/mol. The van der Waals surface area contributed by atoms with Gasteiger partial charge in [-0.25, -0.2) is 0 Å². The van der Waals surface area contributed by atoms with Gasteiger partial charge in [-0.05, 0) is 30.1 Å². The number of hydrogen-bond acceptors (Lipinski definition) is 5. The summed E-state index contributed by atoms with van der Waals surface area (Å²) in [5.41, 5.74) is 1.42. The molecule has 1 aromatic heterocycles. The van der Waals surface area contributed by atoms with Crippen LogP contribution in [0.3, 0.4) is 0 Å². The molecular weight excluding hydrogens is 273 g/mol. The van der Waals surface area contributed by atoms with Crippen LogP contribution >= 0.6 is 11.3 Å². The SMILES string of the molecule is COc1ccc(CN(C)Cc2cccs2)cc1B(O)O. The summed E-state index contributed by atoms with van der Waals surface area (Å²) in [6, 6.07) is 9.63. The van der Waals surface area contributed by atoms with E-state index in [1.54, 1.807) is 23.5 Å². The minimum absolute atomic E-state index is 0.398. The first kappa shape index (κ1) is 15.1. The summed E-state index contributed by atoms with van der Waals surface area (Å²) in [5.74, 6) is 0.490. The number of methoxy groups -OCH3 is 1. The molecule has 4 nitrogen and oxygen atoms in total. The van der Waals surface area contributed by atoms with E-state index < -0.39 is 7.12 Å². The van der Waals surface area contributed by atoms with Crippen LogP contribution in [0.25, 0.3) is 0 Å². The number of benzene rings is 1. The maximum atomic E-state index is 9.37. The molecule has 20 heavy (non-hydrogen) atoms. The predicted octanol–water partition coefficient (Wildman–Crippen LogP) is 1.07. The van der Waals surface area contributed by atoms with Crippen molar-refractivity contribution < 1.29 is 14.8 Å². The summed E-state index contributed by atoms with van der Waals surface area (Å²) in [4.78, 5) is 3.49. The Morgan fingerprint density at radius 1 is 1.25 bits per heavy atom. The molecular formula is C14H18BNO3S. The van der Waals surface area contributed by atoms with Gasteiger partial charge >= 0.3 is 7.12 Å². The lowest BCUT2D eigenvalue weighted by Gasteiger charge is -2.17. The molecule has 0 radical (unpaired) electrons. The van der Waals surface area contributed by atoms with Gasteiger partial charge in [-0.15, -0.1) is 11.3 Å². The molecule has 1 aromatic carbocycles. The van der Waals surface area contributed by atoms with Crippen molar-refractivity contribution in [3.05, 3.63) is 46.2 Å². The van der Waals surface area contributed by atoms with Gasteiger partial charge in [0.05, 0.1) is 7.11 Å². The molecule has 6 heteroatoms. The number of hydrogen-bond donors (Lipinski definition) is 2. The largest absolute Gasteiger partial charge is 0.497 e. The quantitative estimate of drug-likeness (QED) is 0.782. The van der Waals surface area contributed by atoms with E-state index in [0.29, 0.717) is 11.2 Å². The Balaban J connectivity index is 2.07. The molecule has 0 aliphatic rings. The summed E-state index contributed by atoms with van der Waals surface area (Å²) in [6.45, 7) is 1.61. The van der Waals surface area contributed by atoms with Crippen molar-refractivity contribution in [1.29, 1.82) is 0 Å². The van der Waals surface area contributed by atoms with Crippen LogP contribution in [0.2, 0.25) is 0 Å². The Morgan fingerprint density at radius 2 is 2.05 bits per heavy atom. The summed E-state index contributed by atoms with van der Waals surface area (Å²) < 4.78 is 5.12. The molecule has 2 N–H and O–H groups in total. The van der Waals surface area contributed by atoms with Crippen LogP contribution in [0, 0.1) is 0 Å². The zero-order valence-corrected chi connectivity index (χ0v) is 12.4. The van der Waals surface area contributed by atoms with Crippen molar-refractivity contribution in [2.75, 3.05) is 14.2 Å². The fourth-order valence-electron chi connectivity index (χ4n) is 2.12. The molecule has 0 saturated heterocycles. The molecule has 0 bridgehead atoms. The number of thiophene rings is 1. The van der Waals surface area contributed by atoms with Crippen molar-refractivity contribution in [3.8, 4) is 5.75 Å². The molecule has 0 unspecified atom stereocenters. The van der Waals surface area contributed by atoms with E-state index in [2.05, 4.69) is 16.3 Å². The van der Waals surface area contributed by atoms with Crippen LogP contribution < -0.4 is 10.2 Å². The van der Waals surface area contributed by atoms with Gasteiger partial charge in [0, 0.05) is 23.4 Å². The van der Waals surface area contributed by atoms with Crippen LogP contribution in [0.4, 0.5) is 0 Å². The lowest BCUT2D eigenvalue weighted by Crippen LogP contribution is -2.32. The third-order valence-corrected chi connectivity index (χ3v) is 3.89. The van der Waals surface area contributed by atoms with E-state index in [9.17, 15) is 10.0 Å². The monoisotopic (exact) mass is 291 g/mol. The highest BCUT2D eigenvalue weighted by atomic mass is 32.1. The summed E-state index contributed by atoms with van der Waals surface area (Å²) in [6.07, 6.45) is 0. The summed E-state index contributed by atoms with van der Waals surface area (Å²) in [5, 5.41) is 20.8. The van der Waals surface area contributed by atoms with Gasteiger partial charge in [0.2, 0.25) is 0 Å². The van der Waals surface area contributed by atoms with Gasteiger partial charge in [0.15, 0.2) is 0 Å². The molecule has 2 rings (SSSR count). The van der Waals surface area contributed by atoms with Crippen LogP contribution in [-0.2, 0) is 13.1 Å². The van der Waals surface area contributed by atoms with Gasteiger partial charge in [-0.3, -0.25) is 4.90 Å². The molecule has 106 valence electrons. The van der Waals surface area contributed by atoms with Crippen LogP contribution in [0.5, 0.6) is 5.75 Å². The molecule has 1 heterocycles. The lowest BCUT2D eigenvalue weighted by atomic mass is 9.78. The lowest BCUT2D eigenvalue weighted by molar-refractivity contribution is 0.321. The predicted molar refractivity (Wildman–Crippen MR) is 82.3 cm³/mol. The molecule has 2 aromatic rings. The summed E-state index contributed by atoms with van der Waals surface area (Å²) >= 11 is 1.73. The van der Waals surface area contributed by atoms with Crippen molar-refractivity contribution in [3.63, 3.8) is 0 Å². The van der Waals surface area contributed by atoms with E-state index in [4.69, 9.17) is 4.74 Å². The van der Waals surface area contributed by atoms with Gasteiger partial charge in [-0.1, -0.05) is 18.2 Å². The van der Waals surface area contributed by atoms with E-state index in [0.717, 1.165) is 18.7 Å². The first-order valence-electron chi connectivity index (χ1n) is 6.34. The standard InChI is InChI=1S/C14H18BNO3S/c1-16(10-12-4-3-7-20-12)9-11-5-6-14(19-2)13(8-11)15(17)18/h3-8,17-18H,9-10H2,1-2H3. The van der Waals surface area contributed by atoms with Crippen molar-refractivity contribution in [2.45, 2.75) is 13.1 Å². The number of nitrogens with zero attached hydrogens (tertiary/aromatic N) is 1. The zero-order valence-electron chi connectivity index (χ0n) is 11.6. The van der Waals surface area contributed by atoms with E-state index in [1.165, 1.54) is 12.0 Å². The van der Waals surface area contributed by atoms with Gasteiger partial charge < -0.3 is 14.8 Å². The fraction of sp³-hybridized carbons (Fsp3) is 0.286. The molecule has 0 aliphatic carbocycles. The first-order valence-corrected chi connectivity index (χ1v) is 7.22. The second-order valence-corrected chi connectivity index (χ2v) is 5.73. The van der Waals surface area contributed by atoms with E-state index >= 15 is 0 Å². The third kappa shape index (κ3) is 3.83. The minimum atomic E-state index is -1.52. The van der Waals surface area contributed by atoms with Gasteiger partial charge in [-0.2, -0.15) is 0 Å². The van der Waals surface area contributed by atoms with Crippen LogP contribution in [0.15, 0.2) is 35.7 Å². The van der Waals surface area contributed by atoms with E-state index in [-0.39, 0.29) is 0 Å². The normalized spacial score (nSPS) is 10.8. The van der Waals surface area contributed by atoms with Crippen molar-refractivity contribution in [2.24, 2.45) is 0 Å². The molecule has 0 atom stereocenters. The third-order valence-electron chi connectivity index (χ3n) is 3.03. The maximum Gasteiger partial charge on any atom is 0.492 e. The highest BCUT2D eigenvalue weighted by Crippen LogP contribution is 2.15. The number of ether oxygens (including phenoxy) is 1. The Labute approximate surface area is 123 Å². The summed E-state index contributed by atoms with van der Waals surface area (Å²) in [7, 11) is 2.04. The minimum Gasteiger partial charge on any atom is -0.497 e. The molecule has 0 spiro atoms. The molecule has 0 fully saturated rings. The topological polar surface area (TPSA) is 52.9 Å². The van der Waals surface area contributed by atoms with Crippen LogP contribution in [-0.4, -0.2) is 36.2 Å². The zero-order chi connectivity index (χ0) is 14.5. The smallest absolute Gasteiger partial charge is 0.492 e. The highest BCUT2D eigenvalue weighted by Gasteiger charge is 2.17. The molecule has 0 aliphatic heterocycles. The van der Waals surface area contributed by atoms with Crippen molar-refractivity contribution in [1.82, 2.24) is 4.90 Å². The van der Waals surface area contributed by atoms with Crippen LogP contribution in [0.1, 0.15) is 10.4 Å². The second kappa shape index (κ2) is 6.90. The Morgan fingerprint density at radius 3 is 2.65 bits per heavy atom. The van der Waals surface area contributed by atoms with Gasteiger partial charge in [0.1, 0.15) is 5.75 Å². The highest BCUT2D eigenvalue weighted by molar-refractivity contribution is 7.09.